The molecule has 0 atom stereocenters. The van der Waals surface area contributed by atoms with Crippen LogP contribution in [0.15, 0.2) is 18.3 Å². The van der Waals surface area contributed by atoms with E-state index in [2.05, 4.69) is 4.98 Å². The van der Waals surface area contributed by atoms with Crippen LogP contribution in [0.1, 0.15) is 45.9 Å². The topological polar surface area (TPSA) is 92.5 Å². The quantitative estimate of drug-likeness (QED) is 0.837. The monoisotopic (exact) mass is 333 g/mol. The zero-order valence-electron chi connectivity index (χ0n) is 14.7. The molecule has 1 aromatic rings. The molecule has 0 fully saturated rings. The number of rotatable bonds is 4. The van der Waals surface area contributed by atoms with Crippen molar-refractivity contribution in [3.63, 3.8) is 0 Å². The molecular formula is C17H23N3O4. The van der Waals surface area contributed by atoms with Crippen LogP contribution >= 0.6 is 0 Å². The van der Waals surface area contributed by atoms with Crippen molar-refractivity contribution in [2.75, 3.05) is 6.61 Å². The van der Waals surface area contributed by atoms with Gasteiger partial charge in [0, 0.05) is 6.20 Å². The van der Waals surface area contributed by atoms with Crippen molar-refractivity contribution in [3.05, 3.63) is 29.6 Å². The van der Waals surface area contributed by atoms with E-state index in [0.29, 0.717) is 11.3 Å². The summed E-state index contributed by atoms with van der Waals surface area (Å²) in [6, 6.07) is 5.10. The molecule has 0 unspecified atom stereocenters. The number of nitrogens with zero attached hydrogens (tertiary/aromatic N) is 3. The van der Waals surface area contributed by atoms with Gasteiger partial charge >= 0.3 is 12.2 Å². The molecule has 2 amide bonds. The Morgan fingerprint density at radius 3 is 2.42 bits per heavy atom. The van der Waals surface area contributed by atoms with Crippen molar-refractivity contribution >= 4 is 12.2 Å². The molecule has 7 heteroatoms. The number of carbonyl (C=O) groups excluding carboxylic acids is 2. The number of imide groups is 1. The lowest BCUT2D eigenvalue weighted by Crippen LogP contribution is -2.41. The second-order valence-electron chi connectivity index (χ2n) is 6.69. The van der Waals surface area contributed by atoms with E-state index < -0.39 is 17.8 Å². The SMILES string of the molecule is CC(C)COC(=O)N(Cc1ccc(C#N)cn1)C(=O)OC(C)(C)C. The van der Waals surface area contributed by atoms with Crippen molar-refractivity contribution in [1.82, 2.24) is 9.88 Å². The number of aromatic nitrogens is 1. The maximum absolute atomic E-state index is 12.3. The minimum atomic E-state index is -0.803. The Kier molecular flexibility index (Phi) is 6.71. The minimum absolute atomic E-state index is 0.0997. The van der Waals surface area contributed by atoms with Crippen molar-refractivity contribution < 1.29 is 19.1 Å². The van der Waals surface area contributed by atoms with Gasteiger partial charge in [-0.15, -0.1) is 0 Å². The molecule has 0 saturated heterocycles. The highest BCUT2D eigenvalue weighted by Crippen LogP contribution is 2.14. The Bertz CT molecular complexity index is 612. The highest BCUT2D eigenvalue weighted by molar-refractivity contribution is 5.87. The van der Waals surface area contributed by atoms with E-state index >= 15 is 0 Å². The molecule has 0 aromatic carbocycles. The molecule has 0 aliphatic heterocycles. The summed E-state index contributed by atoms with van der Waals surface area (Å²) < 4.78 is 10.4. The Morgan fingerprint density at radius 2 is 1.96 bits per heavy atom. The number of ether oxygens (including phenoxy) is 2. The van der Waals surface area contributed by atoms with E-state index in [9.17, 15) is 9.59 Å². The van der Waals surface area contributed by atoms with Crippen LogP contribution in [0.5, 0.6) is 0 Å². The number of carbonyl (C=O) groups is 2. The van der Waals surface area contributed by atoms with Gasteiger partial charge in [0.2, 0.25) is 0 Å². The van der Waals surface area contributed by atoms with Gasteiger partial charge in [0.25, 0.3) is 0 Å². The first kappa shape index (κ1) is 19.4. The summed E-state index contributed by atoms with van der Waals surface area (Å²) in [4.78, 5) is 29.4. The van der Waals surface area contributed by atoms with Crippen molar-refractivity contribution in [3.8, 4) is 6.07 Å². The normalized spacial score (nSPS) is 10.9. The van der Waals surface area contributed by atoms with Gasteiger partial charge in [-0.2, -0.15) is 5.26 Å². The standard InChI is InChI=1S/C17H23N3O4/c1-12(2)11-23-15(21)20(16(22)24-17(3,4)5)10-14-7-6-13(8-18)9-19-14/h6-7,9,12H,10-11H2,1-5H3. The first-order chi connectivity index (χ1) is 11.1. The zero-order chi connectivity index (χ0) is 18.3. The Morgan fingerprint density at radius 1 is 1.29 bits per heavy atom. The van der Waals surface area contributed by atoms with Crippen LogP contribution in [0, 0.1) is 17.2 Å². The van der Waals surface area contributed by atoms with Crippen LogP contribution in [0.3, 0.4) is 0 Å². The van der Waals surface area contributed by atoms with E-state index in [4.69, 9.17) is 14.7 Å². The largest absolute Gasteiger partial charge is 0.449 e. The van der Waals surface area contributed by atoms with Crippen LogP contribution in [-0.2, 0) is 16.0 Å². The molecule has 1 rings (SSSR count). The molecule has 7 nitrogen and oxygen atoms in total. The third-order valence-corrected chi connectivity index (χ3v) is 2.65. The first-order valence-corrected chi connectivity index (χ1v) is 7.64. The first-order valence-electron chi connectivity index (χ1n) is 7.64. The summed E-state index contributed by atoms with van der Waals surface area (Å²) in [6.07, 6.45) is -0.214. The predicted molar refractivity (Wildman–Crippen MR) is 86.9 cm³/mol. The smallest absolute Gasteiger partial charge is 0.420 e. The second kappa shape index (κ2) is 8.29. The van der Waals surface area contributed by atoms with E-state index in [1.165, 1.54) is 6.20 Å². The fourth-order valence-corrected chi connectivity index (χ4v) is 1.58. The summed E-state index contributed by atoms with van der Waals surface area (Å²) in [5.41, 5.74) is 0.0949. The van der Waals surface area contributed by atoms with Crippen LogP contribution in [-0.4, -0.2) is 34.3 Å². The molecule has 0 bridgehead atoms. The zero-order valence-corrected chi connectivity index (χ0v) is 14.7. The van der Waals surface area contributed by atoms with E-state index in [-0.39, 0.29) is 19.1 Å². The average Bonchev–Trinajstić information content (AvgIpc) is 2.49. The highest BCUT2D eigenvalue weighted by atomic mass is 16.6. The van der Waals surface area contributed by atoms with Gasteiger partial charge in [0.1, 0.15) is 11.7 Å². The molecule has 0 radical (unpaired) electrons. The number of nitriles is 1. The van der Waals surface area contributed by atoms with Crippen LogP contribution in [0.4, 0.5) is 9.59 Å². The van der Waals surface area contributed by atoms with Crippen molar-refractivity contribution in [2.45, 2.75) is 46.8 Å². The molecule has 0 N–H and O–H groups in total. The van der Waals surface area contributed by atoms with Gasteiger partial charge in [0.05, 0.1) is 24.4 Å². The van der Waals surface area contributed by atoms with Gasteiger partial charge in [-0.1, -0.05) is 13.8 Å². The Labute approximate surface area is 142 Å². The van der Waals surface area contributed by atoms with Gasteiger partial charge in [-0.3, -0.25) is 4.98 Å². The number of pyridine rings is 1. The predicted octanol–water partition coefficient (Wildman–Crippen LogP) is 3.48. The Balaban J connectivity index is 2.92. The van der Waals surface area contributed by atoms with Crippen LogP contribution < -0.4 is 0 Å². The molecule has 0 spiro atoms. The summed E-state index contributed by atoms with van der Waals surface area (Å²) in [7, 11) is 0. The lowest BCUT2D eigenvalue weighted by Gasteiger charge is -2.25. The van der Waals surface area contributed by atoms with Crippen molar-refractivity contribution in [1.29, 1.82) is 5.26 Å². The molecule has 1 heterocycles. The third-order valence-electron chi connectivity index (χ3n) is 2.65. The fraction of sp³-hybridized carbons (Fsp3) is 0.529. The lowest BCUT2D eigenvalue weighted by molar-refractivity contribution is 0.0187. The van der Waals surface area contributed by atoms with Gasteiger partial charge in [-0.25, -0.2) is 14.5 Å². The molecule has 0 aliphatic carbocycles. The van der Waals surface area contributed by atoms with Crippen LogP contribution in [0.2, 0.25) is 0 Å². The lowest BCUT2D eigenvalue weighted by atomic mass is 10.2. The van der Waals surface area contributed by atoms with Gasteiger partial charge < -0.3 is 9.47 Å². The van der Waals surface area contributed by atoms with Gasteiger partial charge in [-0.05, 0) is 38.8 Å². The summed E-state index contributed by atoms with van der Waals surface area (Å²) >= 11 is 0. The highest BCUT2D eigenvalue weighted by Gasteiger charge is 2.29. The van der Waals surface area contributed by atoms with Crippen LogP contribution in [0.25, 0.3) is 0 Å². The molecule has 0 saturated carbocycles. The molecule has 130 valence electrons. The van der Waals surface area contributed by atoms with Crippen molar-refractivity contribution in [2.24, 2.45) is 5.92 Å². The second-order valence-corrected chi connectivity index (χ2v) is 6.69. The number of amides is 2. The van der Waals surface area contributed by atoms with E-state index in [0.717, 1.165) is 4.90 Å². The summed E-state index contributed by atoms with van der Waals surface area (Å²) in [6.45, 7) is 9.02. The fourth-order valence-electron chi connectivity index (χ4n) is 1.58. The van der Waals surface area contributed by atoms with Gasteiger partial charge in [0.15, 0.2) is 0 Å². The maximum Gasteiger partial charge on any atom is 0.420 e. The summed E-state index contributed by atoms with van der Waals surface area (Å²) in [5, 5.41) is 8.79. The summed E-state index contributed by atoms with van der Waals surface area (Å²) in [5.74, 6) is 0.141. The number of hydrogen-bond donors (Lipinski definition) is 0. The van der Waals surface area contributed by atoms with E-state index in [1.54, 1.807) is 32.9 Å². The third kappa shape index (κ3) is 6.65. The Hall–Kier alpha value is -2.62. The minimum Gasteiger partial charge on any atom is -0.449 e. The average molecular weight is 333 g/mol. The maximum atomic E-state index is 12.3. The molecule has 0 aliphatic rings. The van der Waals surface area contributed by atoms with E-state index in [1.807, 2.05) is 19.9 Å². The molecular weight excluding hydrogens is 310 g/mol. The molecule has 1 aromatic heterocycles. The number of hydrogen-bond acceptors (Lipinski definition) is 6. The molecule has 24 heavy (non-hydrogen) atoms.